The number of aromatic nitrogens is 4. The van der Waals surface area contributed by atoms with E-state index in [1.165, 1.54) is 0 Å². The highest BCUT2D eigenvalue weighted by molar-refractivity contribution is 9.10. The average Bonchev–Trinajstić information content (AvgIpc) is 3.03. The third-order valence-electron chi connectivity index (χ3n) is 3.63. The first kappa shape index (κ1) is 14.2. The van der Waals surface area contributed by atoms with Gasteiger partial charge in [-0.3, -0.25) is 15.2 Å². The molecule has 0 aliphatic carbocycles. The lowest BCUT2D eigenvalue weighted by Crippen LogP contribution is -2.31. The maximum absolute atomic E-state index is 5.83. The van der Waals surface area contributed by atoms with Crippen molar-refractivity contribution in [2.24, 2.45) is 12.9 Å². The van der Waals surface area contributed by atoms with Crippen molar-refractivity contribution in [2.75, 3.05) is 0 Å². The first-order valence-corrected chi connectivity index (χ1v) is 7.55. The number of benzene rings is 1. The van der Waals surface area contributed by atoms with Crippen molar-refractivity contribution in [1.82, 2.24) is 25.0 Å². The van der Waals surface area contributed by atoms with Crippen molar-refractivity contribution in [2.45, 2.75) is 19.5 Å². The van der Waals surface area contributed by atoms with Crippen LogP contribution in [-0.2, 0) is 13.6 Å². The van der Waals surface area contributed by atoms with Crippen molar-refractivity contribution < 1.29 is 0 Å². The molecule has 0 bridgehead atoms. The second kappa shape index (κ2) is 5.59. The summed E-state index contributed by atoms with van der Waals surface area (Å²) in [6.07, 6.45) is 1.79. The van der Waals surface area contributed by atoms with Crippen LogP contribution in [0.4, 0.5) is 0 Å². The molecule has 2 heterocycles. The summed E-state index contributed by atoms with van der Waals surface area (Å²) in [4.78, 5) is 0. The predicted octanol–water partition coefficient (Wildman–Crippen LogP) is 2.10. The molecule has 0 radical (unpaired) electrons. The van der Waals surface area contributed by atoms with Crippen molar-refractivity contribution in [3.8, 4) is 0 Å². The Kier molecular flexibility index (Phi) is 3.79. The molecule has 0 saturated carbocycles. The maximum Gasteiger partial charge on any atom is 0.108 e. The van der Waals surface area contributed by atoms with Crippen molar-refractivity contribution in [1.29, 1.82) is 0 Å². The molecule has 0 fully saturated rings. The molecule has 0 spiro atoms. The van der Waals surface area contributed by atoms with Gasteiger partial charge in [0, 0.05) is 19.0 Å². The van der Waals surface area contributed by atoms with E-state index in [9.17, 15) is 0 Å². The van der Waals surface area contributed by atoms with Crippen LogP contribution in [0.2, 0.25) is 0 Å². The Morgan fingerprint density at radius 2 is 2.14 bits per heavy atom. The molecule has 6 nitrogen and oxygen atoms in total. The molecule has 110 valence electrons. The van der Waals surface area contributed by atoms with Crippen LogP contribution in [0.5, 0.6) is 0 Å². The molecular weight excluding hydrogens is 332 g/mol. The third-order valence-corrected chi connectivity index (χ3v) is 4.24. The minimum Gasteiger partial charge on any atom is -0.270 e. The SMILES string of the molecule is CCn1ncc(Br)c1C(NN)c1nn(C)c2ccccc12. The lowest BCUT2D eigenvalue weighted by atomic mass is 10.1. The van der Waals surface area contributed by atoms with E-state index in [0.717, 1.165) is 33.3 Å². The van der Waals surface area contributed by atoms with Crippen molar-refractivity contribution in [3.05, 3.63) is 46.3 Å². The molecule has 0 amide bonds. The van der Waals surface area contributed by atoms with Gasteiger partial charge in [-0.25, -0.2) is 5.43 Å². The molecule has 0 aliphatic heterocycles. The van der Waals surface area contributed by atoms with E-state index in [0.29, 0.717) is 0 Å². The molecule has 1 unspecified atom stereocenters. The second-order valence-corrected chi connectivity index (χ2v) is 5.67. The summed E-state index contributed by atoms with van der Waals surface area (Å²) in [7, 11) is 1.94. The van der Waals surface area contributed by atoms with E-state index in [1.54, 1.807) is 6.20 Å². The number of nitrogens with zero attached hydrogens (tertiary/aromatic N) is 4. The van der Waals surface area contributed by atoms with Crippen LogP contribution in [0.25, 0.3) is 10.9 Å². The minimum atomic E-state index is -0.229. The Bertz CT molecular complexity index is 775. The summed E-state index contributed by atoms with van der Waals surface area (Å²) in [5, 5.41) is 10.1. The number of rotatable bonds is 4. The molecule has 3 rings (SSSR count). The summed E-state index contributed by atoms with van der Waals surface area (Å²) in [6.45, 7) is 2.82. The molecule has 1 aromatic carbocycles. The molecule has 21 heavy (non-hydrogen) atoms. The fraction of sp³-hybridized carbons (Fsp3) is 0.286. The summed E-state index contributed by atoms with van der Waals surface area (Å²) in [5.74, 6) is 5.83. The van der Waals surface area contributed by atoms with Gasteiger partial charge < -0.3 is 0 Å². The van der Waals surface area contributed by atoms with E-state index >= 15 is 0 Å². The zero-order chi connectivity index (χ0) is 15.0. The minimum absolute atomic E-state index is 0.229. The Balaban J connectivity index is 2.21. The number of hydrogen-bond acceptors (Lipinski definition) is 4. The topological polar surface area (TPSA) is 73.7 Å². The molecule has 0 saturated heterocycles. The lowest BCUT2D eigenvalue weighted by molar-refractivity contribution is 0.530. The van der Waals surface area contributed by atoms with E-state index in [1.807, 2.05) is 41.5 Å². The van der Waals surface area contributed by atoms with Crippen LogP contribution in [0, 0.1) is 0 Å². The summed E-state index contributed by atoms with van der Waals surface area (Å²) in [6, 6.07) is 7.89. The zero-order valence-corrected chi connectivity index (χ0v) is 13.5. The zero-order valence-electron chi connectivity index (χ0n) is 11.9. The number of aryl methyl sites for hydroxylation is 2. The van der Waals surface area contributed by atoms with Crippen LogP contribution in [0.3, 0.4) is 0 Å². The first-order valence-electron chi connectivity index (χ1n) is 6.76. The summed E-state index contributed by atoms with van der Waals surface area (Å²) in [5.41, 5.74) is 5.82. The van der Waals surface area contributed by atoms with Gasteiger partial charge >= 0.3 is 0 Å². The summed E-state index contributed by atoms with van der Waals surface area (Å²) < 4.78 is 4.70. The molecule has 3 N–H and O–H groups in total. The van der Waals surface area contributed by atoms with Crippen LogP contribution >= 0.6 is 15.9 Å². The number of fused-ring (bicyclic) bond motifs is 1. The Hall–Kier alpha value is -1.70. The number of hydrogen-bond donors (Lipinski definition) is 2. The molecule has 0 aliphatic rings. The Morgan fingerprint density at radius 3 is 2.86 bits per heavy atom. The number of nitrogens with one attached hydrogen (secondary N) is 1. The molecule has 2 aromatic heterocycles. The van der Waals surface area contributed by atoms with E-state index < -0.39 is 0 Å². The van der Waals surface area contributed by atoms with Crippen molar-refractivity contribution >= 4 is 26.8 Å². The van der Waals surface area contributed by atoms with Gasteiger partial charge in [0.2, 0.25) is 0 Å². The first-order chi connectivity index (χ1) is 10.2. The molecular formula is C14H17BrN6. The smallest absolute Gasteiger partial charge is 0.108 e. The van der Waals surface area contributed by atoms with E-state index in [-0.39, 0.29) is 6.04 Å². The number of nitrogens with two attached hydrogens (primary N) is 1. The monoisotopic (exact) mass is 348 g/mol. The number of halogens is 1. The van der Waals surface area contributed by atoms with Gasteiger partial charge in [0.25, 0.3) is 0 Å². The molecule has 3 aromatic rings. The highest BCUT2D eigenvalue weighted by atomic mass is 79.9. The largest absolute Gasteiger partial charge is 0.270 e. The van der Waals surface area contributed by atoms with Crippen LogP contribution in [0.15, 0.2) is 34.9 Å². The van der Waals surface area contributed by atoms with Gasteiger partial charge in [-0.15, -0.1) is 0 Å². The fourth-order valence-corrected chi connectivity index (χ4v) is 3.18. The highest BCUT2D eigenvalue weighted by Gasteiger charge is 2.25. The third kappa shape index (κ3) is 2.27. The maximum atomic E-state index is 5.83. The van der Waals surface area contributed by atoms with E-state index in [4.69, 9.17) is 5.84 Å². The van der Waals surface area contributed by atoms with Gasteiger partial charge in [-0.1, -0.05) is 18.2 Å². The van der Waals surface area contributed by atoms with Crippen LogP contribution in [0.1, 0.15) is 24.4 Å². The predicted molar refractivity (Wildman–Crippen MR) is 85.5 cm³/mol. The highest BCUT2D eigenvalue weighted by Crippen LogP contribution is 2.31. The standard InChI is InChI=1S/C14H17BrN6/c1-3-21-14(10(15)8-17-21)13(18-16)12-9-6-4-5-7-11(9)20(2)19-12/h4-8,13,18H,3,16H2,1-2H3. The van der Waals surface area contributed by atoms with E-state index in [2.05, 4.69) is 37.6 Å². The van der Waals surface area contributed by atoms with Crippen molar-refractivity contribution in [3.63, 3.8) is 0 Å². The van der Waals surface area contributed by atoms with Gasteiger partial charge in [0.15, 0.2) is 0 Å². The summed E-state index contributed by atoms with van der Waals surface area (Å²) >= 11 is 3.55. The lowest BCUT2D eigenvalue weighted by Gasteiger charge is -2.16. The Morgan fingerprint density at radius 1 is 1.38 bits per heavy atom. The fourth-order valence-electron chi connectivity index (χ4n) is 2.65. The molecule has 7 heteroatoms. The number of para-hydroxylation sites is 1. The quantitative estimate of drug-likeness (QED) is 0.559. The normalized spacial score (nSPS) is 13.0. The van der Waals surface area contributed by atoms with Crippen LogP contribution < -0.4 is 11.3 Å². The molecule has 1 atom stereocenters. The van der Waals surface area contributed by atoms with Gasteiger partial charge in [0.1, 0.15) is 6.04 Å². The van der Waals surface area contributed by atoms with Crippen LogP contribution in [-0.4, -0.2) is 19.6 Å². The second-order valence-electron chi connectivity index (χ2n) is 4.82. The Labute approximate surface area is 131 Å². The van der Waals surface area contributed by atoms with Gasteiger partial charge in [0.05, 0.1) is 27.6 Å². The van der Waals surface area contributed by atoms with Gasteiger partial charge in [-0.05, 0) is 28.9 Å². The number of hydrazine groups is 1. The average molecular weight is 349 g/mol. The van der Waals surface area contributed by atoms with Gasteiger partial charge in [-0.2, -0.15) is 10.2 Å².